The van der Waals surface area contributed by atoms with Gasteiger partial charge in [0.1, 0.15) is 11.5 Å². The van der Waals surface area contributed by atoms with Crippen molar-refractivity contribution in [3.8, 4) is 11.5 Å². The first kappa shape index (κ1) is 25.8. The summed E-state index contributed by atoms with van der Waals surface area (Å²) < 4.78 is 18.3. The highest BCUT2D eigenvalue weighted by Crippen LogP contribution is 2.30. The Morgan fingerprint density at radius 1 is 1.11 bits per heavy atom. The van der Waals surface area contributed by atoms with E-state index in [2.05, 4.69) is 29.0 Å². The minimum Gasteiger partial charge on any atom is -0.493 e. The van der Waals surface area contributed by atoms with E-state index in [9.17, 15) is 4.79 Å². The van der Waals surface area contributed by atoms with Gasteiger partial charge in [0, 0.05) is 45.5 Å². The van der Waals surface area contributed by atoms with Crippen LogP contribution in [-0.4, -0.2) is 80.3 Å². The Labute approximate surface area is 213 Å². The van der Waals surface area contributed by atoms with E-state index in [1.807, 2.05) is 40.9 Å². The number of ether oxygens (including phenoxy) is 3. The quantitative estimate of drug-likeness (QED) is 0.438. The molecule has 1 aromatic carbocycles. The van der Waals surface area contributed by atoms with Gasteiger partial charge in [-0.25, -0.2) is 4.98 Å². The molecule has 0 bridgehead atoms. The molecule has 0 spiro atoms. The number of aryl methyl sites for hydroxylation is 1. The zero-order valence-corrected chi connectivity index (χ0v) is 21.7. The third kappa shape index (κ3) is 5.74. The maximum Gasteiger partial charge on any atom is 0.252 e. The lowest BCUT2D eigenvalue weighted by Gasteiger charge is -2.26. The maximum absolute atomic E-state index is 13.0. The zero-order chi connectivity index (χ0) is 25.5. The summed E-state index contributed by atoms with van der Waals surface area (Å²) in [5.74, 6) is 2.34. The molecule has 4 rings (SSSR count). The Hall–Kier alpha value is -3.30. The molecule has 0 unspecified atom stereocenters. The van der Waals surface area contributed by atoms with Crippen LogP contribution in [0.4, 0.5) is 5.82 Å². The molecule has 1 amide bonds. The van der Waals surface area contributed by atoms with Crippen molar-refractivity contribution in [2.24, 2.45) is 0 Å². The molecule has 9 nitrogen and oxygen atoms in total. The minimum absolute atomic E-state index is 0.0780. The number of hydrogen-bond donors (Lipinski definition) is 1. The fourth-order valence-electron chi connectivity index (χ4n) is 4.58. The smallest absolute Gasteiger partial charge is 0.252 e. The molecule has 3 heterocycles. The molecular formula is C27H37N5O4. The molecule has 3 aromatic rings. The Kier molecular flexibility index (Phi) is 8.66. The summed E-state index contributed by atoms with van der Waals surface area (Å²) in [6, 6.07) is 9.75. The van der Waals surface area contributed by atoms with Gasteiger partial charge in [-0.15, -0.1) is 0 Å². The minimum atomic E-state index is -0.0780. The van der Waals surface area contributed by atoms with E-state index in [1.54, 1.807) is 14.2 Å². The molecule has 36 heavy (non-hydrogen) atoms. The predicted molar refractivity (Wildman–Crippen MR) is 140 cm³/mol. The standard InChI is InChI=1S/C27H37N5O4/c1-5-22-27(31(6-2)18-20-7-9-23(34-3)24(17-20)35-4)32-19-21(8-10-25(32)29-22)26(33)28-11-12-30-13-15-36-16-14-30/h7-10,17,19H,5-6,11-16,18H2,1-4H3,(H,28,33). The summed E-state index contributed by atoms with van der Waals surface area (Å²) >= 11 is 0. The Bertz CT molecular complexity index is 1170. The molecule has 1 aliphatic rings. The molecule has 0 aliphatic carbocycles. The third-order valence-corrected chi connectivity index (χ3v) is 6.58. The Balaban J connectivity index is 1.55. The predicted octanol–water partition coefficient (Wildman–Crippen LogP) is 3.00. The fourth-order valence-corrected chi connectivity index (χ4v) is 4.58. The van der Waals surface area contributed by atoms with Crippen LogP contribution in [0.15, 0.2) is 36.5 Å². The molecule has 1 saturated heterocycles. The van der Waals surface area contributed by atoms with Crippen LogP contribution in [0, 0.1) is 0 Å². The normalized spacial score (nSPS) is 14.1. The number of pyridine rings is 1. The first-order valence-electron chi connectivity index (χ1n) is 12.6. The molecule has 9 heteroatoms. The maximum atomic E-state index is 13.0. The Morgan fingerprint density at radius 3 is 2.58 bits per heavy atom. The number of carbonyl (C=O) groups excluding carboxylic acids is 1. The molecule has 0 atom stereocenters. The molecule has 1 fully saturated rings. The average molecular weight is 496 g/mol. The highest BCUT2D eigenvalue weighted by Gasteiger charge is 2.19. The third-order valence-electron chi connectivity index (χ3n) is 6.58. The van der Waals surface area contributed by atoms with Crippen LogP contribution in [0.3, 0.4) is 0 Å². The molecular weight excluding hydrogens is 458 g/mol. The summed E-state index contributed by atoms with van der Waals surface area (Å²) in [6.07, 6.45) is 2.69. The van der Waals surface area contributed by atoms with Crippen LogP contribution in [0.2, 0.25) is 0 Å². The van der Waals surface area contributed by atoms with Gasteiger partial charge >= 0.3 is 0 Å². The lowest BCUT2D eigenvalue weighted by atomic mass is 10.1. The average Bonchev–Trinajstić information content (AvgIpc) is 3.29. The summed E-state index contributed by atoms with van der Waals surface area (Å²) in [5, 5.41) is 3.06. The number of morpholine rings is 1. The summed E-state index contributed by atoms with van der Waals surface area (Å²) in [6.45, 7) is 10.4. The van der Waals surface area contributed by atoms with Crippen molar-refractivity contribution in [1.82, 2.24) is 19.6 Å². The van der Waals surface area contributed by atoms with Gasteiger partial charge in [0.05, 0.1) is 38.7 Å². The first-order chi connectivity index (χ1) is 17.6. The number of carbonyl (C=O) groups is 1. The molecule has 1 N–H and O–H groups in total. The van der Waals surface area contributed by atoms with Crippen molar-refractivity contribution in [2.45, 2.75) is 26.8 Å². The number of nitrogens with one attached hydrogen (secondary N) is 1. The highest BCUT2D eigenvalue weighted by atomic mass is 16.5. The number of hydrogen-bond acceptors (Lipinski definition) is 7. The second-order valence-electron chi connectivity index (χ2n) is 8.80. The van der Waals surface area contributed by atoms with Crippen molar-refractivity contribution in [2.75, 3.05) is 65.1 Å². The van der Waals surface area contributed by atoms with Gasteiger partial charge in [0.2, 0.25) is 0 Å². The molecule has 2 aromatic heterocycles. The van der Waals surface area contributed by atoms with Crippen molar-refractivity contribution in [3.63, 3.8) is 0 Å². The number of methoxy groups -OCH3 is 2. The number of fused-ring (bicyclic) bond motifs is 1. The van der Waals surface area contributed by atoms with Crippen molar-refractivity contribution in [1.29, 1.82) is 0 Å². The van der Waals surface area contributed by atoms with Gasteiger partial charge < -0.3 is 24.4 Å². The van der Waals surface area contributed by atoms with E-state index in [4.69, 9.17) is 19.2 Å². The number of imidazole rings is 1. The molecule has 1 aliphatic heterocycles. The van der Waals surface area contributed by atoms with Crippen LogP contribution in [0.1, 0.15) is 35.5 Å². The van der Waals surface area contributed by atoms with Gasteiger partial charge in [-0.3, -0.25) is 14.1 Å². The van der Waals surface area contributed by atoms with Crippen LogP contribution >= 0.6 is 0 Å². The van der Waals surface area contributed by atoms with Gasteiger partial charge in [-0.2, -0.15) is 0 Å². The van der Waals surface area contributed by atoms with Gasteiger partial charge in [0.25, 0.3) is 5.91 Å². The summed E-state index contributed by atoms with van der Waals surface area (Å²) in [7, 11) is 3.28. The number of nitrogens with zero attached hydrogens (tertiary/aromatic N) is 4. The lowest BCUT2D eigenvalue weighted by molar-refractivity contribution is 0.0383. The van der Waals surface area contributed by atoms with Crippen LogP contribution in [0.5, 0.6) is 11.5 Å². The van der Waals surface area contributed by atoms with E-state index in [0.29, 0.717) is 30.2 Å². The fraction of sp³-hybridized carbons (Fsp3) is 0.481. The second kappa shape index (κ2) is 12.1. The molecule has 0 saturated carbocycles. The number of rotatable bonds is 11. The van der Waals surface area contributed by atoms with E-state index in [0.717, 1.165) is 68.5 Å². The first-order valence-corrected chi connectivity index (χ1v) is 12.6. The number of aromatic nitrogens is 2. The zero-order valence-electron chi connectivity index (χ0n) is 21.7. The van der Waals surface area contributed by atoms with Crippen LogP contribution in [-0.2, 0) is 17.7 Å². The van der Waals surface area contributed by atoms with Gasteiger partial charge in [0.15, 0.2) is 11.5 Å². The van der Waals surface area contributed by atoms with Gasteiger partial charge in [-0.1, -0.05) is 13.0 Å². The highest BCUT2D eigenvalue weighted by molar-refractivity contribution is 5.94. The largest absolute Gasteiger partial charge is 0.493 e. The number of anilines is 1. The van der Waals surface area contributed by atoms with E-state index in [-0.39, 0.29) is 5.91 Å². The number of amides is 1. The molecule has 194 valence electrons. The monoisotopic (exact) mass is 495 g/mol. The summed E-state index contributed by atoms with van der Waals surface area (Å²) in [5.41, 5.74) is 3.55. The topological polar surface area (TPSA) is 80.6 Å². The van der Waals surface area contributed by atoms with Crippen molar-refractivity contribution in [3.05, 3.63) is 53.3 Å². The van der Waals surface area contributed by atoms with Crippen LogP contribution in [0.25, 0.3) is 5.65 Å². The Morgan fingerprint density at radius 2 is 1.89 bits per heavy atom. The van der Waals surface area contributed by atoms with Gasteiger partial charge in [-0.05, 0) is 43.2 Å². The summed E-state index contributed by atoms with van der Waals surface area (Å²) in [4.78, 5) is 22.4. The number of benzene rings is 1. The lowest BCUT2D eigenvalue weighted by Crippen LogP contribution is -2.41. The second-order valence-corrected chi connectivity index (χ2v) is 8.80. The van der Waals surface area contributed by atoms with E-state index >= 15 is 0 Å². The van der Waals surface area contributed by atoms with Crippen molar-refractivity contribution < 1.29 is 19.0 Å². The van der Waals surface area contributed by atoms with Crippen molar-refractivity contribution >= 4 is 17.4 Å². The van der Waals surface area contributed by atoms with Crippen LogP contribution < -0.4 is 19.7 Å². The van der Waals surface area contributed by atoms with E-state index in [1.165, 1.54) is 0 Å². The SMILES string of the molecule is CCc1nc2ccc(C(=O)NCCN3CCOCC3)cn2c1N(CC)Cc1ccc(OC)c(OC)c1. The molecule has 0 radical (unpaired) electrons. The van der Waals surface area contributed by atoms with E-state index < -0.39 is 0 Å².